The summed E-state index contributed by atoms with van der Waals surface area (Å²) in [4.78, 5) is 16.1. The average molecular weight is 338 g/mol. The minimum absolute atomic E-state index is 0.134. The Bertz CT molecular complexity index is 863. The molecule has 0 unspecified atom stereocenters. The van der Waals surface area contributed by atoms with Gasteiger partial charge < -0.3 is 21.1 Å². The highest BCUT2D eigenvalue weighted by Crippen LogP contribution is 2.30. The van der Waals surface area contributed by atoms with Gasteiger partial charge >= 0.3 is 6.03 Å². The average Bonchev–Trinajstić information content (AvgIpc) is 3.02. The highest BCUT2D eigenvalue weighted by Gasteiger charge is 2.10. The Morgan fingerprint density at radius 2 is 2.04 bits per heavy atom. The lowest BCUT2D eigenvalue weighted by Gasteiger charge is -2.13. The van der Waals surface area contributed by atoms with E-state index in [4.69, 9.17) is 10.5 Å². The zero-order valence-electron chi connectivity index (χ0n) is 13.6. The Balaban J connectivity index is 1.68. The number of hydrogen-bond acceptors (Lipinski definition) is 5. The van der Waals surface area contributed by atoms with E-state index < -0.39 is 6.03 Å². The predicted molar refractivity (Wildman–Crippen MR) is 94.3 cm³/mol. The molecule has 1 aromatic heterocycles. The molecular weight excluding hydrogens is 320 g/mol. The molecule has 0 aliphatic carbocycles. The summed E-state index contributed by atoms with van der Waals surface area (Å²) in [6, 6.07) is 14.5. The highest BCUT2D eigenvalue weighted by molar-refractivity contribution is 5.91. The monoisotopic (exact) mass is 338 g/mol. The normalized spacial score (nSPS) is 10.3. The number of carbonyl (C=O) groups is 1. The second-order valence-corrected chi connectivity index (χ2v) is 5.36. The topological polar surface area (TPSA) is 118 Å². The molecule has 3 rings (SSSR count). The van der Waals surface area contributed by atoms with Crippen LogP contribution in [0.3, 0.4) is 0 Å². The van der Waals surface area contributed by atoms with Crippen molar-refractivity contribution in [2.24, 2.45) is 0 Å². The maximum Gasteiger partial charge on any atom is 0.319 e. The number of para-hydroxylation sites is 1. The largest absolute Gasteiger partial charge is 0.455 e. The number of H-pyrrole nitrogens is 1. The first-order valence-corrected chi connectivity index (χ1v) is 7.65. The van der Waals surface area contributed by atoms with Gasteiger partial charge in [-0.2, -0.15) is 4.98 Å². The zero-order valence-corrected chi connectivity index (χ0v) is 13.6. The first-order chi connectivity index (χ1) is 12.1. The maximum absolute atomic E-state index is 12.1. The highest BCUT2D eigenvalue weighted by atomic mass is 16.5. The van der Waals surface area contributed by atoms with Gasteiger partial charge in [-0.25, -0.2) is 4.79 Å². The van der Waals surface area contributed by atoms with Gasteiger partial charge in [0.15, 0.2) is 5.75 Å². The molecule has 2 amide bonds. The fourth-order valence-electron chi connectivity index (χ4n) is 2.17. The SMILES string of the molecule is Cc1ccc(Oc2ccccc2)c(NC(=O)NCc2nc(N)n[nH]2)c1. The molecule has 0 radical (unpaired) electrons. The Morgan fingerprint density at radius 3 is 2.76 bits per heavy atom. The molecular formula is C17H18N6O2. The number of nitrogen functional groups attached to an aromatic ring is 1. The molecule has 0 saturated carbocycles. The van der Waals surface area contributed by atoms with E-state index in [-0.39, 0.29) is 12.5 Å². The lowest BCUT2D eigenvalue weighted by Crippen LogP contribution is -2.28. The number of aromatic amines is 1. The molecule has 2 aromatic carbocycles. The number of anilines is 2. The molecule has 8 nitrogen and oxygen atoms in total. The van der Waals surface area contributed by atoms with Crippen molar-refractivity contribution in [3.63, 3.8) is 0 Å². The van der Waals surface area contributed by atoms with Crippen molar-refractivity contribution in [1.82, 2.24) is 20.5 Å². The molecule has 3 aromatic rings. The molecule has 0 spiro atoms. The smallest absolute Gasteiger partial charge is 0.319 e. The number of nitrogens with two attached hydrogens (primary N) is 1. The number of aryl methyl sites for hydroxylation is 1. The summed E-state index contributed by atoms with van der Waals surface area (Å²) >= 11 is 0. The summed E-state index contributed by atoms with van der Waals surface area (Å²) in [5, 5.41) is 11.8. The Hall–Kier alpha value is -3.55. The number of nitrogens with one attached hydrogen (secondary N) is 3. The quantitative estimate of drug-likeness (QED) is 0.570. The number of amides is 2. The minimum atomic E-state index is -0.390. The Morgan fingerprint density at radius 1 is 1.24 bits per heavy atom. The molecule has 128 valence electrons. The van der Waals surface area contributed by atoms with Gasteiger partial charge in [0.1, 0.15) is 11.6 Å². The van der Waals surface area contributed by atoms with E-state index in [2.05, 4.69) is 25.8 Å². The van der Waals surface area contributed by atoms with Crippen LogP contribution in [0.2, 0.25) is 0 Å². The molecule has 0 aliphatic heterocycles. The molecule has 0 atom stereocenters. The summed E-state index contributed by atoms with van der Waals surface area (Å²) in [6.07, 6.45) is 0. The van der Waals surface area contributed by atoms with Crippen molar-refractivity contribution in [2.45, 2.75) is 13.5 Å². The van der Waals surface area contributed by atoms with Crippen molar-refractivity contribution >= 4 is 17.7 Å². The van der Waals surface area contributed by atoms with Crippen molar-refractivity contribution < 1.29 is 9.53 Å². The van der Waals surface area contributed by atoms with Crippen LogP contribution in [0.1, 0.15) is 11.4 Å². The third kappa shape index (κ3) is 4.47. The Kier molecular flexibility index (Phi) is 4.79. The standard InChI is InChI=1S/C17H18N6O2/c1-11-7-8-14(25-12-5-3-2-4-6-12)13(9-11)20-17(24)19-10-15-21-16(18)23-22-15/h2-9H,10H2,1H3,(H2,19,20,24)(H3,18,21,22,23). The number of urea groups is 1. The van der Waals surface area contributed by atoms with Gasteiger partial charge in [0.25, 0.3) is 0 Å². The van der Waals surface area contributed by atoms with E-state index in [1.807, 2.05) is 55.5 Å². The third-order valence-electron chi connectivity index (χ3n) is 3.32. The van der Waals surface area contributed by atoms with Crippen molar-refractivity contribution in [2.75, 3.05) is 11.1 Å². The van der Waals surface area contributed by atoms with Crippen LogP contribution in [0.4, 0.5) is 16.4 Å². The number of carbonyl (C=O) groups excluding carboxylic acids is 1. The van der Waals surface area contributed by atoms with Gasteiger partial charge in [-0.05, 0) is 36.8 Å². The first-order valence-electron chi connectivity index (χ1n) is 7.65. The van der Waals surface area contributed by atoms with Crippen LogP contribution in [0, 0.1) is 6.92 Å². The van der Waals surface area contributed by atoms with Crippen molar-refractivity contribution in [1.29, 1.82) is 0 Å². The number of nitrogens with zero attached hydrogens (tertiary/aromatic N) is 2. The second kappa shape index (κ2) is 7.35. The second-order valence-electron chi connectivity index (χ2n) is 5.36. The van der Waals surface area contributed by atoms with Gasteiger partial charge in [-0.1, -0.05) is 24.3 Å². The van der Waals surface area contributed by atoms with Crippen LogP contribution in [0.5, 0.6) is 11.5 Å². The molecule has 8 heteroatoms. The maximum atomic E-state index is 12.1. The molecule has 5 N–H and O–H groups in total. The third-order valence-corrected chi connectivity index (χ3v) is 3.32. The van der Waals surface area contributed by atoms with E-state index in [1.165, 1.54) is 0 Å². The van der Waals surface area contributed by atoms with Gasteiger partial charge in [0.05, 0.1) is 12.2 Å². The zero-order chi connectivity index (χ0) is 17.6. The summed E-state index contributed by atoms with van der Waals surface area (Å²) in [5.74, 6) is 1.84. The van der Waals surface area contributed by atoms with Gasteiger partial charge in [0.2, 0.25) is 5.95 Å². The fraction of sp³-hybridized carbons (Fsp3) is 0.118. The molecule has 0 saturated heterocycles. The summed E-state index contributed by atoms with van der Waals surface area (Å²) in [7, 11) is 0. The fourth-order valence-corrected chi connectivity index (χ4v) is 2.17. The van der Waals surface area contributed by atoms with Gasteiger partial charge in [0, 0.05) is 0 Å². The van der Waals surface area contributed by atoms with E-state index in [0.717, 1.165) is 5.56 Å². The minimum Gasteiger partial charge on any atom is -0.455 e. The van der Waals surface area contributed by atoms with Crippen LogP contribution in [0.15, 0.2) is 48.5 Å². The van der Waals surface area contributed by atoms with E-state index in [9.17, 15) is 4.79 Å². The molecule has 0 fully saturated rings. The summed E-state index contributed by atoms with van der Waals surface area (Å²) in [6.45, 7) is 2.11. The number of benzene rings is 2. The van der Waals surface area contributed by atoms with Crippen LogP contribution < -0.4 is 21.1 Å². The molecule has 1 heterocycles. The van der Waals surface area contributed by atoms with E-state index in [1.54, 1.807) is 0 Å². The van der Waals surface area contributed by atoms with E-state index >= 15 is 0 Å². The number of aromatic nitrogens is 3. The van der Waals surface area contributed by atoms with Crippen molar-refractivity contribution in [3.05, 3.63) is 59.9 Å². The van der Waals surface area contributed by atoms with Crippen LogP contribution in [0.25, 0.3) is 0 Å². The van der Waals surface area contributed by atoms with Crippen LogP contribution >= 0.6 is 0 Å². The van der Waals surface area contributed by atoms with Crippen LogP contribution in [-0.4, -0.2) is 21.2 Å². The first kappa shape index (κ1) is 16.3. The molecule has 25 heavy (non-hydrogen) atoms. The summed E-state index contributed by atoms with van der Waals surface area (Å²) in [5.41, 5.74) is 6.99. The van der Waals surface area contributed by atoms with E-state index in [0.29, 0.717) is 23.0 Å². The van der Waals surface area contributed by atoms with Crippen LogP contribution in [-0.2, 0) is 6.54 Å². The summed E-state index contributed by atoms with van der Waals surface area (Å²) < 4.78 is 5.84. The predicted octanol–water partition coefficient (Wildman–Crippen LogP) is 2.81. The molecule has 0 aliphatic rings. The van der Waals surface area contributed by atoms with Crippen molar-refractivity contribution in [3.8, 4) is 11.5 Å². The molecule has 0 bridgehead atoms. The number of rotatable bonds is 5. The van der Waals surface area contributed by atoms with Gasteiger partial charge in [-0.15, -0.1) is 5.10 Å². The Labute approximate surface area is 144 Å². The lowest BCUT2D eigenvalue weighted by molar-refractivity contribution is 0.251. The lowest BCUT2D eigenvalue weighted by atomic mass is 10.2. The number of ether oxygens (including phenoxy) is 1. The number of hydrogen-bond donors (Lipinski definition) is 4. The van der Waals surface area contributed by atoms with Gasteiger partial charge in [-0.3, -0.25) is 5.10 Å².